The van der Waals surface area contributed by atoms with Crippen LogP contribution in [0.5, 0.6) is 5.88 Å². The normalized spacial score (nSPS) is 12.0. The summed E-state index contributed by atoms with van der Waals surface area (Å²) >= 11 is 1.01. The number of pyridine rings is 1. The fourth-order valence-electron chi connectivity index (χ4n) is 2.55. The first-order chi connectivity index (χ1) is 12.9. The third kappa shape index (κ3) is 4.25. The number of ether oxygens (including phenoxy) is 1. The Morgan fingerprint density at radius 2 is 2.04 bits per heavy atom. The standard InChI is InChI=1S/C20H20N2O4S/c1-4-12(3)26-17-10-14(13-9-11(2)5-6-15(13)21-17)19(23)22-18-8-7-16(27-18)20(24)25/h5-10,12H,4H2,1-3H3,(H,22,23)(H,24,25). The summed E-state index contributed by atoms with van der Waals surface area (Å²) < 4.78 is 5.81. The number of carbonyl (C=O) groups excluding carboxylic acids is 1. The highest BCUT2D eigenvalue weighted by Gasteiger charge is 2.17. The molecule has 27 heavy (non-hydrogen) atoms. The summed E-state index contributed by atoms with van der Waals surface area (Å²) in [7, 11) is 0. The summed E-state index contributed by atoms with van der Waals surface area (Å²) in [6.07, 6.45) is 0.800. The van der Waals surface area contributed by atoms with Crippen molar-refractivity contribution in [2.24, 2.45) is 0 Å². The number of amides is 1. The lowest BCUT2D eigenvalue weighted by atomic mass is 10.1. The van der Waals surface area contributed by atoms with Crippen molar-refractivity contribution in [3.63, 3.8) is 0 Å². The fourth-order valence-corrected chi connectivity index (χ4v) is 3.29. The predicted molar refractivity (Wildman–Crippen MR) is 106 cm³/mol. The van der Waals surface area contributed by atoms with E-state index >= 15 is 0 Å². The minimum absolute atomic E-state index is 0.0215. The van der Waals surface area contributed by atoms with Crippen LogP contribution in [0.4, 0.5) is 5.00 Å². The van der Waals surface area contributed by atoms with E-state index in [1.54, 1.807) is 12.1 Å². The van der Waals surface area contributed by atoms with Gasteiger partial charge in [-0.2, -0.15) is 0 Å². The number of carbonyl (C=O) groups is 2. The van der Waals surface area contributed by atoms with Crippen molar-refractivity contribution in [1.29, 1.82) is 0 Å². The smallest absolute Gasteiger partial charge is 0.345 e. The first-order valence-electron chi connectivity index (χ1n) is 8.60. The lowest BCUT2D eigenvalue weighted by molar-refractivity contribution is 0.0702. The van der Waals surface area contributed by atoms with Crippen LogP contribution in [0, 0.1) is 6.92 Å². The zero-order chi connectivity index (χ0) is 19.6. The molecule has 3 rings (SSSR count). The molecular formula is C20H20N2O4S. The Hall–Kier alpha value is -2.93. The molecule has 2 aromatic heterocycles. The summed E-state index contributed by atoms with van der Waals surface area (Å²) in [4.78, 5) is 28.6. The fraction of sp³-hybridized carbons (Fsp3) is 0.250. The van der Waals surface area contributed by atoms with Crippen molar-refractivity contribution < 1.29 is 19.4 Å². The first-order valence-corrected chi connectivity index (χ1v) is 9.41. The first kappa shape index (κ1) is 18.8. The van der Waals surface area contributed by atoms with Crippen molar-refractivity contribution in [2.45, 2.75) is 33.3 Å². The van der Waals surface area contributed by atoms with Gasteiger partial charge in [0.2, 0.25) is 5.88 Å². The van der Waals surface area contributed by atoms with Crippen LogP contribution < -0.4 is 10.1 Å². The SMILES string of the molecule is CCC(C)Oc1cc(C(=O)Nc2ccc(C(=O)O)s2)c2cc(C)ccc2n1. The van der Waals surface area contributed by atoms with Gasteiger partial charge in [-0.25, -0.2) is 9.78 Å². The largest absolute Gasteiger partial charge is 0.477 e. The van der Waals surface area contributed by atoms with Crippen LogP contribution in [-0.4, -0.2) is 28.1 Å². The number of hydrogen-bond donors (Lipinski definition) is 2. The van der Waals surface area contributed by atoms with Crippen LogP contribution in [0.2, 0.25) is 0 Å². The number of rotatable bonds is 6. The lowest BCUT2D eigenvalue weighted by Crippen LogP contribution is -2.15. The molecule has 140 valence electrons. The van der Waals surface area contributed by atoms with Gasteiger partial charge in [0.05, 0.1) is 22.2 Å². The Morgan fingerprint density at radius 1 is 1.26 bits per heavy atom. The average Bonchev–Trinajstić information content (AvgIpc) is 3.10. The molecule has 3 aromatic rings. The predicted octanol–water partition coefficient (Wildman–Crippen LogP) is 4.73. The summed E-state index contributed by atoms with van der Waals surface area (Å²) in [5.41, 5.74) is 2.12. The van der Waals surface area contributed by atoms with Crippen molar-refractivity contribution >= 4 is 39.1 Å². The van der Waals surface area contributed by atoms with Gasteiger partial charge in [-0.15, -0.1) is 11.3 Å². The van der Waals surface area contributed by atoms with Crippen LogP contribution in [0.15, 0.2) is 36.4 Å². The van der Waals surface area contributed by atoms with Crippen LogP contribution in [-0.2, 0) is 0 Å². The van der Waals surface area contributed by atoms with E-state index in [2.05, 4.69) is 10.3 Å². The van der Waals surface area contributed by atoms with Gasteiger partial charge in [-0.05, 0) is 44.5 Å². The lowest BCUT2D eigenvalue weighted by Gasteiger charge is -2.14. The molecule has 1 amide bonds. The van der Waals surface area contributed by atoms with E-state index in [0.29, 0.717) is 22.0 Å². The highest BCUT2D eigenvalue weighted by molar-refractivity contribution is 7.18. The minimum Gasteiger partial charge on any atom is -0.477 e. The maximum atomic E-state index is 12.9. The molecule has 0 fully saturated rings. The third-order valence-corrected chi connectivity index (χ3v) is 5.12. The average molecular weight is 384 g/mol. The molecule has 7 heteroatoms. The van der Waals surface area contributed by atoms with E-state index in [1.165, 1.54) is 6.07 Å². The van der Waals surface area contributed by atoms with E-state index in [4.69, 9.17) is 9.84 Å². The molecule has 0 aliphatic heterocycles. The molecule has 2 N–H and O–H groups in total. The Bertz CT molecular complexity index is 1010. The Morgan fingerprint density at radius 3 is 2.70 bits per heavy atom. The Balaban J connectivity index is 1.99. The maximum Gasteiger partial charge on any atom is 0.345 e. The highest BCUT2D eigenvalue weighted by atomic mass is 32.1. The molecule has 0 aliphatic carbocycles. The molecule has 0 aliphatic rings. The molecule has 2 heterocycles. The van der Waals surface area contributed by atoms with E-state index < -0.39 is 5.97 Å². The summed E-state index contributed by atoms with van der Waals surface area (Å²) in [5, 5.41) is 13.0. The number of fused-ring (bicyclic) bond motifs is 1. The number of carboxylic acid groups (broad SMARTS) is 1. The summed E-state index contributed by atoms with van der Waals surface area (Å²) in [6, 6.07) is 10.4. The van der Waals surface area contributed by atoms with Crippen LogP contribution in [0.3, 0.4) is 0 Å². The minimum atomic E-state index is -1.02. The van der Waals surface area contributed by atoms with Gasteiger partial charge < -0.3 is 15.2 Å². The van der Waals surface area contributed by atoms with E-state index in [1.807, 2.05) is 39.0 Å². The molecule has 0 saturated heterocycles. The Kier molecular flexibility index (Phi) is 5.41. The van der Waals surface area contributed by atoms with Gasteiger partial charge in [0.15, 0.2) is 0 Å². The number of thiophene rings is 1. The topological polar surface area (TPSA) is 88.5 Å². The molecular weight excluding hydrogens is 364 g/mol. The molecule has 1 unspecified atom stereocenters. The highest BCUT2D eigenvalue weighted by Crippen LogP contribution is 2.27. The van der Waals surface area contributed by atoms with Crippen LogP contribution in [0.1, 0.15) is 45.9 Å². The van der Waals surface area contributed by atoms with Crippen molar-refractivity contribution in [1.82, 2.24) is 4.98 Å². The van der Waals surface area contributed by atoms with Gasteiger partial charge >= 0.3 is 5.97 Å². The van der Waals surface area contributed by atoms with E-state index in [0.717, 1.165) is 28.7 Å². The van der Waals surface area contributed by atoms with Gasteiger partial charge in [0, 0.05) is 11.5 Å². The zero-order valence-electron chi connectivity index (χ0n) is 15.3. The zero-order valence-corrected chi connectivity index (χ0v) is 16.1. The number of aromatic nitrogens is 1. The molecule has 6 nitrogen and oxygen atoms in total. The second-order valence-corrected chi connectivity index (χ2v) is 7.37. The van der Waals surface area contributed by atoms with Gasteiger partial charge in [0.25, 0.3) is 5.91 Å². The number of nitrogens with zero attached hydrogens (tertiary/aromatic N) is 1. The molecule has 1 aromatic carbocycles. The maximum absolute atomic E-state index is 12.9. The molecule has 0 spiro atoms. The second kappa shape index (κ2) is 7.75. The van der Waals surface area contributed by atoms with Gasteiger partial charge in [0.1, 0.15) is 4.88 Å². The summed E-state index contributed by atoms with van der Waals surface area (Å²) in [5.74, 6) is -0.959. The number of aryl methyl sites for hydroxylation is 1. The quantitative estimate of drug-likeness (QED) is 0.641. The van der Waals surface area contributed by atoms with Crippen molar-refractivity contribution in [3.05, 3.63) is 52.4 Å². The molecule has 1 atom stereocenters. The number of anilines is 1. The monoisotopic (exact) mass is 384 g/mol. The number of carboxylic acids is 1. The molecule has 0 saturated carbocycles. The van der Waals surface area contributed by atoms with Crippen LogP contribution >= 0.6 is 11.3 Å². The molecule has 0 radical (unpaired) electrons. The molecule has 0 bridgehead atoms. The number of aromatic carboxylic acids is 1. The summed E-state index contributed by atoms with van der Waals surface area (Å²) in [6.45, 7) is 5.91. The number of hydrogen-bond acceptors (Lipinski definition) is 5. The van der Waals surface area contributed by atoms with Gasteiger partial charge in [-0.3, -0.25) is 4.79 Å². The van der Waals surface area contributed by atoms with Crippen molar-refractivity contribution in [3.8, 4) is 5.88 Å². The number of benzene rings is 1. The van der Waals surface area contributed by atoms with E-state index in [9.17, 15) is 9.59 Å². The van der Waals surface area contributed by atoms with Crippen LogP contribution in [0.25, 0.3) is 10.9 Å². The van der Waals surface area contributed by atoms with Crippen molar-refractivity contribution in [2.75, 3.05) is 5.32 Å². The third-order valence-electron chi connectivity index (χ3n) is 4.14. The van der Waals surface area contributed by atoms with Gasteiger partial charge in [-0.1, -0.05) is 18.6 Å². The number of nitrogens with one attached hydrogen (secondary N) is 1. The Labute approximate surface area is 160 Å². The second-order valence-electron chi connectivity index (χ2n) is 6.29. The van der Waals surface area contributed by atoms with E-state index in [-0.39, 0.29) is 16.9 Å².